The van der Waals surface area contributed by atoms with E-state index in [0.717, 1.165) is 15.4 Å². The SMILES string of the molecule is NCCSSc1cn([C@H]2C[C@H](O)[C@@H](COP(=O)(O)OP(=O)(O)OP(=O)(O)O)O2)c(=O)[nH]c1=O. The molecule has 8 N–H and O–H groups in total. The predicted molar refractivity (Wildman–Crippen MR) is 113 cm³/mol. The number of hydrogen-bond acceptors (Lipinski definition) is 13. The second-order valence-electron chi connectivity index (χ2n) is 6.17. The van der Waals surface area contributed by atoms with E-state index in [9.17, 15) is 33.3 Å². The van der Waals surface area contributed by atoms with E-state index in [0.29, 0.717) is 12.3 Å². The molecule has 0 spiro atoms. The van der Waals surface area contributed by atoms with Crippen LogP contribution in [0.3, 0.4) is 0 Å². The van der Waals surface area contributed by atoms with Gasteiger partial charge in [0, 0.05) is 24.9 Å². The van der Waals surface area contributed by atoms with Crippen LogP contribution in [0.1, 0.15) is 12.6 Å². The lowest BCUT2D eigenvalue weighted by atomic mass is 10.2. The van der Waals surface area contributed by atoms with Gasteiger partial charge < -0.3 is 35.2 Å². The Morgan fingerprint density at radius 2 is 1.85 bits per heavy atom. The average molecular weight is 575 g/mol. The molecular weight excluding hydrogens is 555 g/mol. The number of nitrogens with one attached hydrogen (secondary N) is 1. The van der Waals surface area contributed by atoms with Crippen molar-refractivity contribution in [2.75, 3.05) is 18.9 Å². The summed E-state index contributed by atoms with van der Waals surface area (Å²) in [4.78, 5) is 61.9. The fourth-order valence-electron chi connectivity index (χ4n) is 2.40. The van der Waals surface area contributed by atoms with Gasteiger partial charge in [0.2, 0.25) is 0 Å². The molecule has 0 aliphatic carbocycles. The molecule has 1 fully saturated rings. The molecule has 1 aliphatic heterocycles. The third-order valence-electron chi connectivity index (χ3n) is 3.62. The van der Waals surface area contributed by atoms with E-state index in [1.807, 2.05) is 0 Å². The van der Waals surface area contributed by atoms with E-state index < -0.39 is 59.8 Å². The molecule has 0 bridgehead atoms. The Labute approximate surface area is 192 Å². The van der Waals surface area contributed by atoms with Crippen molar-refractivity contribution in [2.45, 2.75) is 29.8 Å². The van der Waals surface area contributed by atoms with Crippen LogP contribution < -0.4 is 17.0 Å². The van der Waals surface area contributed by atoms with Crippen molar-refractivity contribution in [3.8, 4) is 0 Å². The molecule has 17 nitrogen and oxygen atoms in total. The van der Waals surface area contributed by atoms with E-state index >= 15 is 0 Å². The van der Waals surface area contributed by atoms with E-state index in [-0.39, 0.29) is 11.3 Å². The van der Waals surface area contributed by atoms with Gasteiger partial charge >= 0.3 is 29.2 Å². The van der Waals surface area contributed by atoms with Gasteiger partial charge in [0.25, 0.3) is 5.56 Å². The zero-order valence-electron chi connectivity index (χ0n) is 16.2. The zero-order valence-corrected chi connectivity index (χ0v) is 20.5. The minimum absolute atomic E-state index is 0.155. The lowest BCUT2D eigenvalue weighted by Gasteiger charge is -2.19. The molecule has 1 aromatic rings. The summed E-state index contributed by atoms with van der Waals surface area (Å²) in [6.45, 7) is -0.530. The molecule has 0 saturated carbocycles. The molecule has 1 saturated heterocycles. The monoisotopic (exact) mass is 575 g/mol. The Morgan fingerprint density at radius 3 is 2.45 bits per heavy atom. The molecule has 33 heavy (non-hydrogen) atoms. The predicted octanol–water partition coefficient (Wildman–Crippen LogP) is -0.773. The second kappa shape index (κ2) is 11.6. The van der Waals surface area contributed by atoms with Crippen LogP contribution in [0.4, 0.5) is 0 Å². The van der Waals surface area contributed by atoms with Crippen molar-refractivity contribution < 1.29 is 56.3 Å². The number of phosphoric ester groups is 1. The van der Waals surface area contributed by atoms with Gasteiger partial charge in [0.15, 0.2) is 0 Å². The molecule has 0 aromatic carbocycles. The molecule has 2 unspecified atom stereocenters. The first kappa shape index (κ1) is 28.9. The Balaban J connectivity index is 2.05. The van der Waals surface area contributed by atoms with Gasteiger partial charge in [-0.25, -0.2) is 18.5 Å². The van der Waals surface area contributed by atoms with Crippen LogP contribution in [0.5, 0.6) is 0 Å². The molecule has 1 aliphatic rings. The number of nitrogens with two attached hydrogens (primary N) is 1. The molecule has 22 heteroatoms. The Kier molecular flexibility index (Phi) is 10.2. The van der Waals surface area contributed by atoms with Gasteiger partial charge in [-0.15, -0.1) is 0 Å². The van der Waals surface area contributed by atoms with Gasteiger partial charge in [0.1, 0.15) is 12.3 Å². The summed E-state index contributed by atoms with van der Waals surface area (Å²) in [6, 6.07) is 0. The van der Waals surface area contributed by atoms with Gasteiger partial charge in [-0.05, 0) is 0 Å². The molecule has 5 atom stereocenters. The van der Waals surface area contributed by atoms with E-state index in [1.54, 1.807) is 0 Å². The Morgan fingerprint density at radius 1 is 1.18 bits per heavy atom. The molecule has 2 heterocycles. The van der Waals surface area contributed by atoms with Crippen molar-refractivity contribution >= 4 is 45.1 Å². The van der Waals surface area contributed by atoms with Crippen molar-refractivity contribution in [3.63, 3.8) is 0 Å². The summed E-state index contributed by atoms with van der Waals surface area (Å²) in [5, 5.41) is 10.1. The normalized spacial score (nSPS) is 25.0. The van der Waals surface area contributed by atoms with E-state index in [2.05, 4.69) is 18.1 Å². The summed E-state index contributed by atoms with van der Waals surface area (Å²) in [7, 11) is -14.3. The maximum Gasteiger partial charge on any atom is 0.490 e. The number of phosphoric acid groups is 3. The van der Waals surface area contributed by atoms with E-state index in [1.165, 1.54) is 17.0 Å². The number of aromatic amines is 1. The number of ether oxygens (including phenoxy) is 1. The molecule has 2 rings (SSSR count). The minimum atomic E-state index is -5.70. The molecule has 0 radical (unpaired) electrons. The standard InChI is InChI=1S/C11H20N3O14P3S2/c12-1-2-32-33-8-4-14(11(17)13-10(8)16)9-3-6(15)7(26-9)5-25-30(21,22)28-31(23,24)27-29(18,19)20/h4,6-7,9,15H,1-3,5,12H2,(H,21,22)(H,23,24)(H,13,16,17)(H2,18,19,20)/t6-,7+,9+/m0/s1. The van der Waals surface area contributed by atoms with Gasteiger partial charge in [-0.1, -0.05) is 21.6 Å². The van der Waals surface area contributed by atoms with Gasteiger partial charge in [-0.2, -0.15) is 8.62 Å². The first-order valence-electron chi connectivity index (χ1n) is 8.59. The Bertz CT molecular complexity index is 1090. The number of H-pyrrole nitrogens is 1. The highest BCUT2D eigenvalue weighted by atomic mass is 33.1. The lowest BCUT2D eigenvalue weighted by molar-refractivity contribution is -0.0452. The number of nitrogens with zero attached hydrogens (tertiary/aromatic N) is 1. The van der Waals surface area contributed by atoms with Crippen molar-refractivity contribution in [2.24, 2.45) is 5.73 Å². The summed E-state index contributed by atoms with van der Waals surface area (Å²) >= 11 is 0. The second-order valence-corrected chi connectivity index (χ2v) is 13.1. The van der Waals surface area contributed by atoms with Gasteiger partial charge in [0.05, 0.1) is 17.6 Å². The number of rotatable bonds is 12. The van der Waals surface area contributed by atoms with Gasteiger partial charge in [-0.3, -0.25) is 18.9 Å². The molecule has 190 valence electrons. The third kappa shape index (κ3) is 9.33. The van der Waals surface area contributed by atoms with Crippen molar-refractivity contribution in [1.29, 1.82) is 0 Å². The van der Waals surface area contributed by atoms with Crippen LogP contribution in [-0.2, 0) is 31.6 Å². The highest BCUT2D eigenvalue weighted by Gasteiger charge is 2.43. The fourth-order valence-corrected chi connectivity index (χ4v) is 7.30. The largest absolute Gasteiger partial charge is 0.490 e. The third-order valence-corrected chi connectivity index (χ3v) is 9.80. The smallest absolute Gasteiger partial charge is 0.390 e. The van der Waals surface area contributed by atoms with Crippen LogP contribution in [0.25, 0.3) is 0 Å². The molecule has 1 aromatic heterocycles. The summed E-state index contributed by atoms with van der Waals surface area (Å²) in [5.74, 6) is 0.532. The summed E-state index contributed by atoms with van der Waals surface area (Å²) in [6.07, 6.45) is -2.78. The number of aromatic nitrogens is 2. The topological polar surface area (TPSA) is 270 Å². The van der Waals surface area contributed by atoms with Crippen LogP contribution in [0, 0.1) is 0 Å². The van der Waals surface area contributed by atoms with Crippen LogP contribution >= 0.6 is 45.1 Å². The number of hydrogen-bond donors (Lipinski definition) is 7. The number of aliphatic hydroxyl groups is 1. The minimum Gasteiger partial charge on any atom is -0.390 e. The highest BCUT2D eigenvalue weighted by molar-refractivity contribution is 8.76. The summed E-state index contributed by atoms with van der Waals surface area (Å²) < 4.78 is 51.7. The summed E-state index contributed by atoms with van der Waals surface area (Å²) in [5.41, 5.74) is 3.89. The lowest BCUT2D eigenvalue weighted by Crippen LogP contribution is -2.33. The quantitative estimate of drug-likeness (QED) is 0.0915. The van der Waals surface area contributed by atoms with Crippen molar-refractivity contribution in [3.05, 3.63) is 27.0 Å². The van der Waals surface area contributed by atoms with Crippen LogP contribution in [0.2, 0.25) is 0 Å². The maximum absolute atomic E-state index is 12.1. The average Bonchev–Trinajstić information content (AvgIpc) is 2.99. The van der Waals surface area contributed by atoms with Crippen LogP contribution in [0.15, 0.2) is 20.7 Å². The van der Waals surface area contributed by atoms with E-state index in [4.69, 9.17) is 25.2 Å². The first-order valence-corrected chi connectivity index (χ1v) is 15.4. The Hall–Kier alpha value is -0.330. The first-order chi connectivity index (χ1) is 15.1. The zero-order chi connectivity index (χ0) is 25.0. The van der Waals surface area contributed by atoms with Crippen LogP contribution in [-0.4, -0.2) is 65.3 Å². The van der Waals surface area contributed by atoms with Crippen molar-refractivity contribution in [1.82, 2.24) is 9.55 Å². The molecule has 0 amide bonds. The molecular formula is C11H20N3O14P3S2. The highest BCUT2D eigenvalue weighted by Crippen LogP contribution is 2.66. The number of aliphatic hydroxyl groups excluding tert-OH is 1. The maximum atomic E-state index is 12.1. The fraction of sp³-hybridized carbons (Fsp3) is 0.636.